The summed E-state index contributed by atoms with van der Waals surface area (Å²) >= 11 is 0. The number of nitrogens with one attached hydrogen (secondary N) is 1. The topological polar surface area (TPSA) is 50.2 Å². The number of carbonyl (C=O) groups excluding carboxylic acids is 1. The molecule has 132 valence electrons. The molecule has 0 radical (unpaired) electrons. The molecule has 1 aliphatic carbocycles. The fraction of sp³-hybridized carbons (Fsp3) is 0.500. The summed E-state index contributed by atoms with van der Waals surface area (Å²) < 4.78 is 1.83. The normalized spacial score (nSPS) is 24.2. The molecule has 4 rings (SSSR count). The number of rotatable bonds is 5. The van der Waals surface area contributed by atoms with Gasteiger partial charge in [-0.05, 0) is 30.4 Å². The smallest absolute Gasteiger partial charge is 0.225 e. The number of hydrogen-bond acceptors (Lipinski definition) is 3. The maximum absolute atomic E-state index is 12.9. The van der Waals surface area contributed by atoms with Crippen molar-refractivity contribution in [3.8, 4) is 0 Å². The lowest BCUT2D eigenvalue weighted by Crippen LogP contribution is -2.44. The zero-order valence-corrected chi connectivity index (χ0v) is 14.8. The van der Waals surface area contributed by atoms with Crippen molar-refractivity contribution in [2.75, 3.05) is 13.1 Å². The van der Waals surface area contributed by atoms with Gasteiger partial charge in [-0.15, -0.1) is 0 Å². The second-order valence-electron chi connectivity index (χ2n) is 7.48. The van der Waals surface area contributed by atoms with E-state index in [-0.39, 0.29) is 17.7 Å². The lowest BCUT2D eigenvalue weighted by atomic mass is 9.88. The maximum Gasteiger partial charge on any atom is 0.225 e. The van der Waals surface area contributed by atoms with Gasteiger partial charge in [0.05, 0.1) is 12.1 Å². The van der Waals surface area contributed by atoms with Crippen molar-refractivity contribution in [1.82, 2.24) is 20.0 Å². The molecule has 25 heavy (non-hydrogen) atoms. The lowest BCUT2D eigenvalue weighted by Gasteiger charge is -2.28. The fourth-order valence-electron chi connectivity index (χ4n) is 3.95. The SMILES string of the molecule is Cn1cc([C@@H]2CN(Cc3ccccc3)C[C@H]2C(=O)NC2CCC2)cn1. The molecule has 1 amide bonds. The zero-order valence-electron chi connectivity index (χ0n) is 14.8. The van der Waals surface area contributed by atoms with Gasteiger partial charge < -0.3 is 5.32 Å². The van der Waals surface area contributed by atoms with Gasteiger partial charge in [0.1, 0.15) is 0 Å². The number of likely N-dealkylation sites (tertiary alicyclic amines) is 1. The van der Waals surface area contributed by atoms with Crippen LogP contribution in [-0.2, 0) is 18.4 Å². The highest BCUT2D eigenvalue weighted by Gasteiger charge is 2.39. The Morgan fingerprint density at radius 3 is 2.68 bits per heavy atom. The van der Waals surface area contributed by atoms with Crippen LogP contribution in [0.25, 0.3) is 0 Å². The highest BCUT2D eigenvalue weighted by Crippen LogP contribution is 2.34. The minimum Gasteiger partial charge on any atom is -0.353 e. The molecule has 2 fully saturated rings. The zero-order chi connectivity index (χ0) is 17.2. The third-order valence-electron chi connectivity index (χ3n) is 5.59. The van der Waals surface area contributed by atoms with Gasteiger partial charge >= 0.3 is 0 Å². The molecule has 0 unspecified atom stereocenters. The van der Waals surface area contributed by atoms with E-state index < -0.39 is 0 Å². The van der Waals surface area contributed by atoms with Crippen molar-refractivity contribution < 1.29 is 4.79 Å². The Balaban J connectivity index is 1.50. The van der Waals surface area contributed by atoms with Crippen LogP contribution in [0.4, 0.5) is 0 Å². The third kappa shape index (κ3) is 3.61. The number of hydrogen-bond donors (Lipinski definition) is 1. The van der Waals surface area contributed by atoms with Gasteiger partial charge in [-0.1, -0.05) is 30.3 Å². The van der Waals surface area contributed by atoms with E-state index in [1.165, 1.54) is 17.5 Å². The summed E-state index contributed by atoms with van der Waals surface area (Å²) in [5, 5.41) is 7.58. The van der Waals surface area contributed by atoms with Gasteiger partial charge in [0, 0.05) is 44.8 Å². The standard InChI is InChI=1S/C20H26N4O/c1-23-12-16(10-21-23)18-13-24(11-15-6-3-2-4-7-15)14-19(18)20(25)22-17-8-5-9-17/h2-4,6-7,10,12,17-19H,5,8-9,11,13-14H2,1H3,(H,22,25)/t18-,19+/m0/s1. The first kappa shape index (κ1) is 16.3. The van der Waals surface area contributed by atoms with Gasteiger partial charge in [0.25, 0.3) is 0 Å². The van der Waals surface area contributed by atoms with Gasteiger partial charge in [0.2, 0.25) is 5.91 Å². The Bertz CT molecular complexity index is 722. The van der Waals surface area contributed by atoms with E-state index in [1.54, 1.807) is 0 Å². The van der Waals surface area contributed by atoms with Crippen LogP contribution in [-0.4, -0.2) is 39.7 Å². The molecule has 0 spiro atoms. The number of aromatic nitrogens is 2. The monoisotopic (exact) mass is 338 g/mol. The van der Waals surface area contributed by atoms with E-state index in [4.69, 9.17) is 0 Å². The molecule has 5 heteroatoms. The van der Waals surface area contributed by atoms with Gasteiger partial charge in [0.15, 0.2) is 0 Å². The second-order valence-corrected chi connectivity index (χ2v) is 7.48. The molecular formula is C20H26N4O. The molecular weight excluding hydrogens is 312 g/mol. The number of aryl methyl sites for hydroxylation is 1. The van der Waals surface area contributed by atoms with Gasteiger partial charge in [-0.3, -0.25) is 14.4 Å². The summed E-state index contributed by atoms with van der Waals surface area (Å²) in [5.41, 5.74) is 2.47. The summed E-state index contributed by atoms with van der Waals surface area (Å²) in [5.74, 6) is 0.445. The summed E-state index contributed by atoms with van der Waals surface area (Å²) in [6.45, 7) is 2.61. The van der Waals surface area contributed by atoms with Crippen molar-refractivity contribution in [2.45, 2.75) is 37.8 Å². The van der Waals surface area contributed by atoms with E-state index in [9.17, 15) is 4.79 Å². The predicted molar refractivity (Wildman–Crippen MR) is 96.9 cm³/mol. The van der Waals surface area contributed by atoms with Crippen LogP contribution in [0.15, 0.2) is 42.7 Å². The predicted octanol–water partition coefficient (Wildman–Crippen LogP) is 2.30. The van der Waals surface area contributed by atoms with Crippen LogP contribution in [0.2, 0.25) is 0 Å². The first-order valence-corrected chi connectivity index (χ1v) is 9.24. The van der Waals surface area contributed by atoms with Crippen molar-refractivity contribution in [1.29, 1.82) is 0 Å². The summed E-state index contributed by atoms with van der Waals surface area (Å²) in [6.07, 6.45) is 7.47. The molecule has 2 heterocycles. The van der Waals surface area contributed by atoms with Crippen molar-refractivity contribution >= 4 is 5.91 Å². The molecule has 2 aliphatic rings. The average Bonchev–Trinajstić information content (AvgIpc) is 3.18. The molecule has 5 nitrogen and oxygen atoms in total. The Hall–Kier alpha value is -2.14. The molecule has 1 saturated carbocycles. The Kier molecular flexibility index (Phi) is 4.57. The largest absolute Gasteiger partial charge is 0.353 e. The molecule has 0 bridgehead atoms. The van der Waals surface area contributed by atoms with E-state index in [0.29, 0.717) is 6.04 Å². The molecule has 1 aromatic carbocycles. The minimum absolute atomic E-state index is 0.00788. The van der Waals surface area contributed by atoms with Gasteiger partial charge in [-0.2, -0.15) is 5.10 Å². The quantitative estimate of drug-likeness (QED) is 0.910. The van der Waals surface area contributed by atoms with E-state index >= 15 is 0 Å². The summed E-state index contributed by atoms with van der Waals surface area (Å²) in [7, 11) is 1.93. The van der Waals surface area contributed by atoms with Crippen LogP contribution in [0, 0.1) is 5.92 Å². The van der Waals surface area contributed by atoms with E-state index in [2.05, 4.69) is 45.8 Å². The third-order valence-corrected chi connectivity index (χ3v) is 5.59. The van der Waals surface area contributed by atoms with Crippen LogP contribution in [0.1, 0.15) is 36.3 Å². The van der Waals surface area contributed by atoms with Crippen molar-refractivity contribution in [3.05, 3.63) is 53.9 Å². The first-order valence-electron chi connectivity index (χ1n) is 9.24. The van der Waals surface area contributed by atoms with E-state index in [1.807, 2.05) is 24.0 Å². The van der Waals surface area contributed by atoms with Crippen LogP contribution in [0.3, 0.4) is 0 Å². The fourth-order valence-corrected chi connectivity index (χ4v) is 3.95. The van der Waals surface area contributed by atoms with Crippen molar-refractivity contribution in [2.24, 2.45) is 13.0 Å². The minimum atomic E-state index is 0.00788. The molecule has 1 aliphatic heterocycles. The first-order chi connectivity index (χ1) is 12.2. The summed E-state index contributed by atoms with van der Waals surface area (Å²) in [6, 6.07) is 10.9. The molecule has 1 N–H and O–H groups in total. The van der Waals surface area contributed by atoms with Crippen LogP contribution in [0.5, 0.6) is 0 Å². The Labute approximate surface area is 149 Å². The number of carbonyl (C=O) groups is 1. The summed E-state index contributed by atoms with van der Waals surface area (Å²) in [4.78, 5) is 15.3. The van der Waals surface area contributed by atoms with Crippen LogP contribution < -0.4 is 5.32 Å². The highest BCUT2D eigenvalue weighted by molar-refractivity contribution is 5.80. The Morgan fingerprint density at radius 1 is 1.24 bits per heavy atom. The number of benzene rings is 1. The van der Waals surface area contributed by atoms with Gasteiger partial charge in [-0.25, -0.2) is 0 Å². The molecule has 2 atom stereocenters. The molecule has 2 aromatic rings. The van der Waals surface area contributed by atoms with Crippen molar-refractivity contribution in [3.63, 3.8) is 0 Å². The van der Waals surface area contributed by atoms with E-state index in [0.717, 1.165) is 32.5 Å². The number of nitrogens with zero attached hydrogens (tertiary/aromatic N) is 3. The average molecular weight is 338 g/mol. The maximum atomic E-state index is 12.9. The van der Waals surface area contributed by atoms with Crippen LogP contribution >= 0.6 is 0 Å². The Morgan fingerprint density at radius 2 is 2.04 bits per heavy atom. The number of amides is 1. The lowest BCUT2D eigenvalue weighted by molar-refractivity contribution is -0.126. The molecule has 1 aromatic heterocycles. The molecule has 1 saturated heterocycles. The highest BCUT2D eigenvalue weighted by atomic mass is 16.2. The second kappa shape index (κ2) is 7.00.